The Morgan fingerprint density at radius 1 is 0.941 bits per heavy atom. The van der Waals surface area contributed by atoms with Crippen molar-refractivity contribution in [3.8, 4) is 0 Å². The minimum absolute atomic E-state index is 1.14. The van der Waals surface area contributed by atoms with Gasteiger partial charge >= 0.3 is 0 Å². The lowest BCUT2D eigenvalue weighted by Gasteiger charge is -2.05. The predicted molar refractivity (Wildman–Crippen MR) is 74.2 cm³/mol. The van der Waals surface area contributed by atoms with E-state index in [1.165, 1.54) is 57.8 Å². The highest BCUT2D eigenvalue weighted by molar-refractivity contribution is 4.87. The Balaban J connectivity index is 1.86. The van der Waals surface area contributed by atoms with Crippen LogP contribution in [0.5, 0.6) is 0 Å². The fraction of sp³-hybridized carbons (Fsp3) is 0.800. The zero-order chi connectivity index (χ0) is 12.3. The zero-order valence-corrected chi connectivity index (χ0v) is 11.6. The quantitative estimate of drug-likeness (QED) is 0.537. The lowest BCUT2D eigenvalue weighted by molar-refractivity contribution is 0.535. The molecule has 0 amide bonds. The van der Waals surface area contributed by atoms with Crippen LogP contribution in [-0.2, 0) is 6.54 Å². The van der Waals surface area contributed by atoms with Crippen LogP contribution in [0, 0.1) is 6.92 Å². The number of rotatable bonds is 10. The minimum Gasteiger partial charge on any atom is -0.335 e. The molecule has 0 unspecified atom stereocenters. The van der Waals surface area contributed by atoms with Gasteiger partial charge in [-0.1, -0.05) is 58.3 Å². The normalized spacial score (nSPS) is 10.9. The smallest absolute Gasteiger partial charge is 0.105 e. The SMILES string of the molecule is CCCCCCCCCCCn1ccnc1C. The van der Waals surface area contributed by atoms with Crippen molar-refractivity contribution >= 4 is 0 Å². The minimum atomic E-state index is 1.14. The third kappa shape index (κ3) is 6.50. The molecular weight excluding hydrogens is 208 g/mol. The van der Waals surface area contributed by atoms with Crippen molar-refractivity contribution in [1.29, 1.82) is 0 Å². The van der Waals surface area contributed by atoms with Crippen molar-refractivity contribution in [2.24, 2.45) is 0 Å². The van der Waals surface area contributed by atoms with Gasteiger partial charge in [-0.15, -0.1) is 0 Å². The van der Waals surface area contributed by atoms with Crippen molar-refractivity contribution in [1.82, 2.24) is 9.55 Å². The first-order valence-corrected chi connectivity index (χ1v) is 7.32. The molecule has 0 aliphatic rings. The average molecular weight is 236 g/mol. The van der Waals surface area contributed by atoms with E-state index in [9.17, 15) is 0 Å². The molecule has 0 N–H and O–H groups in total. The van der Waals surface area contributed by atoms with Crippen LogP contribution >= 0.6 is 0 Å². The number of nitrogens with zero attached hydrogens (tertiary/aromatic N) is 2. The van der Waals surface area contributed by atoms with Gasteiger partial charge in [-0.3, -0.25) is 0 Å². The van der Waals surface area contributed by atoms with Gasteiger partial charge in [0.25, 0.3) is 0 Å². The van der Waals surface area contributed by atoms with Gasteiger partial charge in [0.1, 0.15) is 5.82 Å². The molecule has 2 nitrogen and oxygen atoms in total. The molecule has 0 saturated carbocycles. The Labute approximate surface area is 106 Å². The molecule has 0 bridgehead atoms. The molecule has 1 aromatic heterocycles. The summed E-state index contributed by atoms with van der Waals surface area (Å²) in [6, 6.07) is 0. The highest BCUT2D eigenvalue weighted by atomic mass is 15.0. The van der Waals surface area contributed by atoms with Gasteiger partial charge in [-0.05, 0) is 13.3 Å². The summed E-state index contributed by atoms with van der Waals surface area (Å²) in [7, 11) is 0. The maximum atomic E-state index is 4.24. The summed E-state index contributed by atoms with van der Waals surface area (Å²) in [5.74, 6) is 1.14. The van der Waals surface area contributed by atoms with Gasteiger partial charge in [0.2, 0.25) is 0 Å². The van der Waals surface area contributed by atoms with E-state index >= 15 is 0 Å². The van der Waals surface area contributed by atoms with Gasteiger partial charge < -0.3 is 4.57 Å². The van der Waals surface area contributed by atoms with Gasteiger partial charge in [0.05, 0.1) is 0 Å². The van der Waals surface area contributed by atoms with Crippen molar-refractivity contribution in [2.75, 3.05) is 0 Å². The van der Waals surface area contributed by atoms with E-state index in [-0.39, 0.29) is 0 Å². The fourth-order valence-corrected chi connectivity index (χ4v) is 2.23. The van der Waals surface area contributed by atoms with Crippen LogP contribution in [0.2, 0.25) is 0 Å². The van der Waals surface area contributed by atoms with Crippen LogP contribution in [-0.4, -0.2) is 9.55 Å². The Hall–Kier alpha value is -0.790. The fourth-order valence-electron chi connectivity index (χ4n) is 2.23. The molecule has 0 saturated heterocycles. The molecule has 98 valence electrons. The molecule has 0 aromatic carbocycles. The lowest BCUT2D eigenvalue weighted by Crippen LogP contribution is -1.98. The van der Waals surface area contributed by atoms with Crippen molar-refractivity contribution in [2.45, 2.75) is 78.2 Å². The summed E-state index contributed by atoms with van der Waals surface area (Å²) >= 11 is 0. The summed E-state index contributed by atoms with van der Waals surface area (Å²) in [5.41, 5.74) is 0. The Bertz CT molecular complexity index is 278. The van der Waals surface area contributed by atoms with Crippen molar-refractivity contribution in [3.05, 3.63) is 18.2 Å². The monoisotopic (exact) mass is 236 g/mol. The van der Waals surface area contributed by atoms with E-state index < -0.39 is 0 Å². The maximum Gasteiger partial charge on any atom is 0.105 e. The summed E-state index contributed by atoms with van der Waals surface area (Å²) in [6.45, 7) is 5.49. The Morgan fingerprint density at radius 3 is 2.06 bits per heavy atom. The molecule has 1 heterocycles. The average Bonchev–Trinajstić information content (AvgIpc) is 2.73. The number of imidazole rings is 1. The largest absolute Gasteiger partial charge is 0.335 e. The zero-order valence-electron chi connectivity index (χ0n) is 11.6. The molecule has 0 aliphatic heterocycles. The van der Waals surface area contributed by atoms with Crippen LogP contribution < -0.4 is 0 Å². The summed E-state index contributed by atoms with van der Waals surface area (Å²) in [4.78, 5) is 4.24. The first-order chi connectivity index (χ1) is 8.34. The molecule has 1 rings (SSSR count). The van der Waals surface area contributed by atoms with Gasteiger partial charge in [0.15, 0.2) is 0 Å². The summed E-state index contributed by atoms with van der Waals surface area (Å²) < 4.78 is 2.25. The molecule has 17 heavy (non-hydrogen) atoms. The van der Waals surface area contributed by atoms with E-state index in [1.807, 2.05) is 6.20 Å². The molecule has 2 heteroatoms. The first-order valence-electron chi connectivity index (χ1n) is 7.32. The summed E-state index contributed by atoms with van der Waals surface area (Å²) in [5, 5.41) is 0. The third-order valence-electron chi connectivity index (χ3n) is 3.43. The van der Waals surface area contributed by atoms with Crippen molar-refractivity contribution < 1.29 is 0 Å². The van der Waals surface area contributed by atoms with Gasteiger partial charge in [-0.2, -0.15) is 0 Å². The Morgan fingerprint density at radius 2 is 1.53 bits per heavy atom. The second-order valence-electron chi connectivity index (χ2n) is 5.00. The molecule has 1 aromatic rings. The van der Waals surface area contributed by atoms with Crippen molar-refractivity contribution in [3.63, 3.8) is 0 Å². The maximum absolute atomic E-state index is 4.24. The Kier molecular flexibility index (Phi) is 7.78. The second kappa shape index (κ2) is 9.26. The van der Waals surface area contributed by atoms with Gasteiger partial charge in [0, 0.05) is 18.9 Å². The topological polar surface area (TPSA) is 17.8 Å². The number of unbranched alkanes of at least 4 members (excludes halogenated alkanes) is 8. The van der Waals surface area contributed by atoms with E-state index in [0.29, 0.717) is 0 Å². The van der Waals surface area contributed by atoms with Crippen LogP contribution in [0.3, 0.4) is 0 Å². The highest BCUT2D eigenvalue weighted by Gasteiger charge is 1.96. The molecular formula is C15H28N2. The van der Waals surface area contributed by atoms with Crippen LogP contribution in [0.4, 0.5) is 0 Å². The first kappa shape index (κ1) is 14.3. The molecule has 0 atom stereocenters. The molecule has 0 fully saturated rings. The van der Waals surface area contributed by atoms with E-state index in [4.69, 9.17) is 0 Å². The molecule has 0 aliphatic carbocycles. The standard InChI is InChI=1S/C15H28N2/c1-3-4-5-6-7-8-9-10-11-13-17-14-12-16-15(17)2/h12,14H,3-11,13H2,1-2H3. The van der Waals surface area contributed by atoms with Gasteiger partial charge in [-0.25, -0.2) is 4.98 Å². The number of hydrogen-bond donors (Lipinski definition) is 0. The second-order valence-corrected chi connectivity index (χ2v) is 5.00. The lowest BCUT2D eigenvalue weighted by atomic mass is 10.1. The van der Waals surface area contributed by atoms with Crippen LogP contribution in [0.1, 0.15) is 70.5 Å². The number of aromatic nitrogens is 2. The molecule has 0 radical (unpaired) electrons. The summed E-state index contributed by atoms with van der Waals surface area (Å²) in [6.07, 6.45) is 16.5. The number of hydrogen-bond acceptors (Lipinski definition) is 1. The molecule has 0 spiro atoms. The van der Waals surface area contributed by atoms with E-state index in [1.54, 1.807) is 0 Å². The third-order valence-corrected chi connectivity index (χ3v) is 3.43. The van der Waals surface area contributed by atoms with Crippen LogP contribution in [0.15, 0.2) is 12.4 Å². The number of aryl methyl sites for hydroxylation is 2. The van der Waals surface area contributed by atoms with E-state index in [0.717, 1.165) is 12.4 Å². The van der Waals surface area contributed by atoms with Crippen LogP contribution in [0.25, 0.3) is 0 Å². The predicted octanol–water partition coefficient (Wildman–Crippen LogP) is 4.72. The van der Waals surface area contributed by atoms with E-state index in [2.05, 4.69) is 29.6 Å². The highest BCUT2D eigenvalue weighted by Crippen LogP contribution is 2.10.